The summed E-state index contributed by atoms with van der Waals surface area (Å²) in [6.07, 6.45) is 0.870. The maximum absolute atomic E-state index is 12.8. The van der Waals surface area contributed by atoms with Gasteiger partial charge in [-0.2, -0.15) is 5.10 Å². The van der Waals surface area contributed by atoms with Gasteiger partial charge in [-0.3, -0.25) is 4.72 Å². The maximum Gasteiger partial charge on any atom is 0.263 e. The summed E-state index contributed by atoms with van der Waals surface area (Å²) in [6, 6.07) is 16.4. The fourth-order valence-corrected chi connectivity index (χ4v) is 4.06. The number of nitrogens with one attached hydrogen (secondary N) is 1. The fraction of sp³-hybridized carbons (Fsp3) is 0.200. The van der Waals surface area contributed by atoms with Gasteiger partial charge >= 0.3 is 0 Å². The molecule has 0 radical (unpaired) electrons. The predicted molar refractivity (Wildman–Crippen MR) is 107 cm³/mol. The van der Waals surface area contributed by atoms with E-state index in [-0.39, 0.29) is 4.90 Å². The van der Waals surface area contributed by atoms with Crippen LogP contribution in [0.3, 0.4) is 0 Å². The summed E-state index contributed by atoms with van der Waals surface area (Å²) in [5.74, 6) is 0.303. The minimum absolute atomic E-state index is 0.208. The second-order valence-electron chi connectivity index (χ2n) is 6.54. The molecule has 0 fully saturated rings. The standard InChI is InChI=1S/C20H20N4O2S/c1-3-12-24-20-17(13-15-6-4-5-7-18(15)21-20)19(22-24)23-27(25,26)16-10-8-14(2)9-11-16/h4-11,13H,3,12H2,1-2H3,(H,22,23). The number of fused-ring (bicyclic) bond motifs is 2. The lowest BCUT2D eigenvalue weighted by Gasteiger charge is -2.06. The molecule has 27 heavy (non-hydrogen) atoms. The number of hydrogen-bond acceptors (Lipinski definition) is 4. The molecule has 0 aliphatic rings. The van der Waals surface area contributed by atoms with Crippen molar-refractivity contribution in [2.24, 2.45) is 0 Å². The number of hydrogen-bond donors (Lipinski definition) is 1. The largest absolute Gasteiger partial charge is 0.263 e. The summed E-state index contributed by atoms with van der Waals surface area (Å²) in [4.78, 5) is 4.91. The average Bonchev–Trinajstić information content (AvgIpc) is 2.96. The molecule has 0 aliphatic carbocycles. The summed E-state index contributed by atoms with van der Waals surface area (Å²) in [7, 11) is -3.73. The first-order valence-corrected chi connectivity index (χ1v) is 10.3. The summed E-state index contributed by atoms with van der Waals surface area (Å²) in [5, 5.41) is 6.13. The van der Waals surface area contributed by atoms with Crippen molar-refractivity contribution >= 4 is 37.8 Å². The molecule has 4 rings (SSSR count). The van der Waals surface area contributed by atoms with E-state index in [1.165, 1.54) is 0 Å². The number of aryl methyl sites for hydroxylation is 2. The molecule has 0 amide bonds. The minimum Gasteiger partial charge on any atom is -0.261 e. The maximum atomic E-state index is 12.8. The first kappa shape index (κ1) is 17.5. The van der Waals surface area contributed by atoms with Gasteiger partial charge in [0.05, 0.1) is 15.8 Å². The van der Waals surface area contributed by atoms with Gasteiger partial charge in [-0.15, -0.1) is 0 Å². The van der Waals surface area contributed by atoms with E-state index in [2.05, 4.69) is 9.82 Å². The Labute approximate surface area is 157 Å². The van der Waals surface area contributed by atoms with Crippen LogP contribution in [0.2, 0.25) is 0 Å². The SMILES string of the molecule is CCCn1nc(NS(=O)(=O)c2ccc(C)cc2)c2cc3ccccc3nc21. The van der Waals surface area contributed by atoms with Crippen molar-refractivity contribution in [3.63, 3.8) is 0 Å². The van der Waals surface area contributed by atoms with Crippen molar-refractivity contribution in [2.75, 3.05) is 4.72 Å². The van der Waals surface area contributed by atoms with Crippen LogP contribution in [-0.2, 0) is 16.6 Å². The van der Waals surface area contributed by atoms with Crippen LogP contribution >= 0.6 is 0 Å². The van der Waals surface area contributed by atoms with Crippen LogP contribution in [0.1, 0.15) is 18.9 Å². The van der Waals surface area contributed by atoms with Gasteiger partial charge in [0, 0.05) is 11.9 Å². The van der Waals surface area contributed by atoms with Crippen molar-refractivity contribution in [3.05, 3.63) is 60.2 Å². The fourth-order valence-electron chi connectivity index (χ4n) is 3.05. The summed E-state index contributed by atoms with van der Waals surface area (Å²) >= 11 is 0. The van der Waals surface area contributed by atoms with Gasteiger partial charge in [0.1, 0.15) is 0 Å². The molecule has 0 aliphatic heterocycles. The first-order valence-electron chi connectivity index (χ1n) is 8.84. The second kappa shape index (κ2) is 6.66. The number of pyridine rings is 1. The normalized spacial score (nSPS) is 11.9. The summed E-state index contributed by atoms with van der Waals surface area (Å²) in [6.45, 7) is 4.62. The molecule has 2 aromatic carbocycles. The summed E-state index contributed by atoms with van der Waals surface area (Å²) in [5.41, 5.74) is 2.54. The number of aromatic nitrogens is 3. The number of para-hydroxylation sites is 1. The van der Waals surface area contributed by atoms with Gasteiger partial charge in [-0.05, 0) is 37.6 Å². The number of sulfonamides is 1. The Hall–Kier alpha value is -2.93. The quantitative estimate of drug-likeness (QED) is 0.565. The van der Waals surface area contributed by atoms with Crippen LogP contribution in [-0.4, -0.2) is 23.2 Å². The molecular formula is C20H20N4O2S. The van der Waals surface area contributed by atoms with Crippen molar-refractivity contribution < 1.29 is 8.42 Å². The molecule has 0 saturated heterocycles. The average molecular weight is 380 g/mol. The van der Waals surface area contributed by atoms with Gasteiger partial charge in [0.25, 0.3) is 10.0 Å². The smallest absolute Gasteiger partial charge is 0.261 e. The zero-order valence-electron chi connectivity index (χ0n) is 15.2. The van der Waals surface area contributed by atoms with Crippen molar-refractivity contribution in [3.8, 4) is 0 Å². The molecule has 2 aromatic heterocycles. The van der Waals surface area contributed by atoms with E-state index < -0.39 is 10.0 Å². The van der Waals surface area contributed by atoms with E-state index in [9.17, 15) is 8.42 Å². The van der Waals surface area contributed by atoms with Gasteiger partial charge < -0.3 is 0 Å². The van der Waals surface area contributed by atoms with Crippen molar-refractivity contribution in [2.45, 2.75) is 31.7 Å². The highest BCUT2D eigenvalue weighted by Gasteiger charge is 2.20. The minimum atomic E-state index is -3.73. The lowest BCUT2D eigenvalue weighted by Crippen LogP contribution is -2.14. The molecule has 138 valence electrons. The Kier molecular flexibility index (Phi) is 4.31. The highest BCUT2D eigenvalue weighted by molar-refractivity contribution is 7.92. The van der Waals surface area contributed by atoms with Gasteiger partial charge in [0.15, 0.2) is 11.5 Å². The van der Waals surface area contributed by atoms with Crippen LogP contribution < -0.4 is 4.72 Å². The van der Waals surface area contributed by atoms with Gasteiger partial charge in [0.2, 0.25) is 0 Å². The molecule has 0 spiro atoms. The Morgan fingerprint density at radius 3 is 2.56 bits per heavy atom. The number of nitrogens with zero attached hydrogens (tertiary/aromatic N) is 3. The van der Waals surface area contributed by atoms with Crippen LogP contribution in [0, 0.1) is 6.92 Å². The third-order valence-electron chi connectivity index (χ3n) is 4.42. The molecule has 0 bridgehead atoms. The van der Waals surface area contributed by atoms with E-state index in [1.807, 2.05) is 44.2 Å². The highest BCUT2D eigenvalue weighted by Crippen LogP contribution is 2.28. The zero-order valence-corrected chi connectivity index (χ0v) is 16.0. The molecule has 4 aromatic rings. The van der Waals surface area contributed by atoms with Crippen LogP contribution in [0.25, 0.3) is 21.9 Å². The molecule has 0 atom stereocenters. The Morgan fingerprint density at radius 1 is 1.07 bits per heavy atom. The van der Waals surface area contributed by atoms with Gasteiger partial charge in [-0.25, -0.2) is 18.1 Å². The number of anilines is 1. The van der Waals surface area contributed by atoms with Crippen molar-refractivity contribution in [1.82, 2.24) is 14.8 Å². The third kappa shape index (κ3) is 3.26. The lowest BCUT2D eigenvalue weighted by molar-refractivity contribution is 0.599. The van der Waals surface area contributed by atoms with E-state index in [0.717, 1.165) is 22.9 Å². The van der Waals surface area contributed by atoms with Crippen LogP contribution in [0.4, 0.5) is 5.82 Å². The molecular weight excluding hydrogens is 360 g/mol. The summed E-state index contributed by atoms with van der Waals surface area (Å²) < 4.78 is 30.0. The predicted octanol–water partition coefficient (Wildman–Crippen LogP) is 4.10. The highest BCUT2D eigenvalue weighted by atomic mass is 32.2. The first-order chi connectivity index (χ1) is 13.0. The molecule has 0 saturated carbocycles. The molecule has 6 nitrogen and oxygen atoms in total. The van der Waals surface area contributed by atoms with E-state index >= 15 is 0 Å². The van der Waals surface area contributed by atoms with Crippen LogP contribution in [0.15, 0.2) is 59.5 Å². The number of rotatable bonds is 5. The van der Waals surface area contributed by atoms with E-state index in [0.29, 0.717) is 23.4 Å². The second-order valence-corrected chi connectivity index (χ2v) is 8.22. The Balaban J connectivity index is 1.85. The molecule has 7 heteroatoms. The van der Waals surface area contributed by atoms with Gasteiger partial charge in [-0.1, -0.05) is 42.8 Å². The Bertz CT molecular complexity index is 1230. The lowest BCUT2D eigenvalue weighted by atomic mass is 10.2. The molecule has 0 unspecified atom stereocenters. The van der Waals surface area contributed by atoms with E-state index in [4.69, 9.17) is 4.98 Å². The monoisotopic (exact) mass is 380 g/mol. The van der Waals surface area contributed by atoms with Crippen molar-refractivity contribution in [1.29, 1.82) is 0 Å². The topological polar surface area (TPSA) is 76.9 Å². The third-order valence-corrected chi connectivity index (χ3v) is 5.78. The number of benzene rings is 2. The van der Waals surface area contributed by atoms with Crippen LogP contribution in [0.5, 0.6) is 0 Å². The van der Waals surface area contributed by atoms with E-state index in [1.54, 1.807) is 28.9 Å². The zero-order chi connectivity index (χ0) is 19.0. The molecule has 1 N–H and O–H groups in total. The Morgan fingerprint density at radius 2 is 1.81 bits per heavy atom. The molecule has 2 heterocycles.